The van der Waals surface area contributed by atoms with Gasteiger partial charge in [-0.25, -0.2) is 5.84 Å². The molecule has 0 unspecified atom stereocenters. The lowest BCUT2D eigenvalue weighted by atomic mass is 10.4. The van der Waals surface area contributed by atoms with Crippen LogP contribution in [0.2, 0.25) is 0 Å². The van der Waals surface area contributed by atoms with Crippen molar-refractivity contribution in [3.63, 3.8) is 0 Å². The van der Waals surface area contributed by atoms with Crippen molar-refractivity contribution >= 4 is 39.6 Å². The molecule has 0 amide bonds. The van der Waals surface area contributed by atoms with Crippen molar-refractivity contribution in [3.8, 4) is 0 Å². The summed E-state index contributed by atoms with van der Waals surface area (Å²) in [7, 11) is 3.73. The van der Waals surface area contributed by atoms with Crippen LogP contribution < -0.4 is 16.2 Å². The topological polar surface area (TPSA) is 80.0 Å². The van der Waals surface area contributed by atoms with E-state index in [-0.39, 0.29) is 0 Å². The standard InChI is InChI=1S/C11H13BrN6S/c1-18(2)10-14-9(17-13)15-11(16-10)19-8-5-3-7(12)4-6-8/h3-6H,13H2,1-2H3,(H,14,15,16,17). The average Bonchev–Trinajstić information content (AvgIpc) is 2.41. The largest absolute Gasteiger partial charge is 0.347 e. The van der Waals surface area contributed by atoms with Crippen molar-refractivity contribution in [2.24, 2.45) is 5.84 Å². The van der Waals surface area contributed by atoms with Crippen molar-refractivity contribution in [2.45, 2.75) is 10.1 Å². The second-order valence-electron chi connectivity index (χ2n) is 3.84. The normalized spacial score (nSPS) is 10.3. The van der Waals surface area contributed by atoms with Crippen LogP contribution in [0.15, 0.2) is 38.8 Å². The summed E-state index contributed by atoms with van der Waals surface area (Å²) in [5.74, 6) is 6.27. The highest BCUT2D eigenvalue weighted by Gasteiger charge is 2.08. The first kappa shape index (κ1) is 14.0. The molecule has 0 saturated carbocycles. The van der Waals surface area contributed by atoms with Crippen LogP contribution in [0.4, 0.5) is 11.9 Å². The minimum absolute atomic E-state index is 0.346. The Labute approximate surface area is 123 Å². The van der Waals surface area contributed by atoms with Gasteiger partial charge in [0.15, 0.2) is 5.16 Å². The van der Waals surface area contributed by atoms with Gasteiger partial charge in [0.1, 0.15) is 0 Å². The smallest absolute Gasteiger partial charge is 0.242 e. The second kappa shape index (κ2) is 6.18. The number of aromatic nitrogens is 3. The third kappa shape index (κ3) is 3.79. The monoisotopic (exact) mass is 340 g/mol. The molecule has 0 aliphatic rings. The third-order valence-corrected chi connectivity index (χ3v) is 3.56. The third-order valence-electron chi connectivity index (χ3n) is 2.15. The van der Waals surface area contributed by atoms with E-state index in [4.69, 9.17) is 5.84 Å². The van der Waals surface area contributed by atoms with Gasteiger partial charge < -0.3 is 4.90 Å². The van der Waals surface area contributed by atoms with Gasteiger partial charge in [0.05, 0.1) is 0 Å². The Morgan fingerprint density at radius 2 is 1.84 bits per heavy atom. The van der Waals surface area contributed by atoms with Crippen molar-refractivity contribution in [3.05, 3.63) is 28.7 Å². The number of nitrogens with one attached hydrogen (secondary N) is 1. The number of rotatable bonds is 4. The molecule has 0 spiro atoms. The van der Waals surface area contributed by atoms with Gasteiger partial charge in [0.25, 0.3) is 0 Å². The highest BCUT2D eigenvalue weighted by atomic mass is 79.9. The van der Waals surface area contributed by atoms with E-state index in [9.17, 15) is 0 Å². The Morgan fingerprint density at radius 3 is 2.42 bits per heavy atom. The summed E-state index contributed by atoms with van der Waals surface area (Å²) in [5.41, 5.74) is 2.45. The molecule has 2 aromatic rings. The van der Waals surface area contributed by atoms with Crippen LogP contribution in [0, 0.1) is 0 Å². The van der Waals surface area contributed by atoms with Crippen molar-refractivity contribution in [1.29, 1.82) is 0 Å². The number of nitrogens with zero attached hydrogens (tertiary/aromatic N) is 4. The number of hydrazine groups is 1. The van der Waals surface area contributed by atoms with E-state index in [1.165, 1.54) is 11.8 Å². The Morgan fingerprint density at radius 1 is 1.16 bits per heavy atom. The molecule has 0 bridgehead atoms. The Balaban J connectivity index is 2.28. The van der Waals surface area contributed by atoms with E-state index in [0.29, 0.717) is 17.1 Å². The predicted molar refractivity (Wildman–Crippen MR) is 80.2 cm³/mol. The molecule has 3 N–H and O–H groups in total. The number of hydrogen-bond donors (Lipinski definition) is 2. The van der Waals surface area contributed by atoms with Gasteiger partial charge in [-0.1, -0.05) is 15.9 Å². The van der Waals surface area contributed by atoms with E-state index in [1.807, 2.05) is 38.4 Å². The maximum Gasteiger partial charge on any atom is 0.242 e. The first-order chi connectivity index (χ1) is 9.08. The lowest BCUT2D eigenvalue weighted by molar-refractivity contribution is 0.865. The van der Waals surface area contributed by atoms with E-state index in [2.05, 4.69) is 36.3 Å². The summed E-state index contributed by atoms with van der Waals surface area (Å²) in [4.78, 5) is 15.6. The molecule has 0 aliphatic heterocycles. The van der Waals surface area contributed by atoms with Crippen LogP contribution in [0.5, 0.6) is 0 Å². The summed E-state index contributed by atoms with van der Waals surface area (Å²) in [5, 5.41) is 0.592. The molecule has 1 aromatic heterocycles. The van der Waals surface area contributed by atoms with E-state index >= 15 is 0 Å². The lowest BCUT2D eigenvalue weighted by Gasteiger charge is -2.12. The van der Waals surface area contributed by atoms with Gasteiger partial charge in [-0.15, -0.1) is 0 Å². The fraction of sp³-hybridized carbons (Fsp3) is 0.182. The molecule has 1 aromatic carbocycles. The summed E-state index contributed by atoms with van der Waals surface area (Å²) in [6.45, 7) is 0. The fourth-order valence-electron chi connectivity index (χ4n) is 1.26. The molecule has 100 valence electrons. The molecule has 0 radical (unpaired) electrons. The molecule has 6 nitrogen and oxygen atoms in total. The maximum atomic E-state index is 5.36. The van der Waals surface area contributed by atoms with Crippen LogP contribution in [-0.2, 0) is 0 Å². The Kier molecular flexibility index (Phi) is 4.56. The Bertz CT molecular complexity index is 560. The molecule has 1 heterocycles. The van der Waals surface area contributed by atoms with Crippen LogP contribution in [-0.4, -0.2) is 29.0 Å². The van der Waals surface area contributed by atoms with Gasteiger partial charge in [0.2, 0.25) is 11.9 Å². The molecular formula is C11H13BrN6S. The zero-order chi connectivity index (χ0) is 13.8. The zero-order valence-electron chi connectivity index (χ0n) is 10.5. The van der Waals surface area contributed by atoms with Crippen LogP contribution in [0.1, 0.15) is 0 Å². The molecule has 2 rings (SSSR count). The number of nitrogen functional groups attached to an aromatic ring is 1. The van der Waals surface area contributed by atoms with E-state index < -0.39 is 0 Å². The zero-order valence-corrected chi connectivity index (χ0v) is 12.9. The first-order valence-electron chi connectivity index (χ1n) is 5.42. The summed E-state index contributed by atoms with van der Waals surface area (Å²) < 4.78 is 1.03. The molecular weight excluding hydrogens is 328 g/mol. The van der Waals surface area contributed by atoms with E-state index in [0.717, 1.165) is 9.37 Å². The van der Waals surface area contributed by atoms with Crippen molar-refractivity contribution < 1.29 is 0 Å². The van der Waals surface area contributed by atoms with Crippen LogP contribution in [0.3, 0.4) is 0 Å². The molecule has 0 saturated heterocycles. The van der Waals surface area contributed by atoms with Crippen LogP contribution in [0.25, 0.3) is 0 Å². The summed E-state index contributed by atoms with van der Waals surface area (Å²) in [6.07, 6.45) is 0. The maximum absolute atomic E-state index is 5.36. The summed E-state index contributed by atoms with van der Waals surface area (Å²) in [6, 6.07) is 7.92. The number of anilines is 2. The molecule has 19 heavy (non-hydrogen) atoms. The van der Waals surface area contributed by atoms with Gasteiger partial charge in [0, 0.05) is 23.5 Å². The van der Waals surface area contributed by atoms with Gasteiger partial charge in [-0.2, -0.15) is 15.0 Å². The summed E-state index contributed by atoms with van der Waals surface area (Å²) >= 11 is 4.85. The Hall–Kier alpha value is -1.38. The number of benzene rings is 1. The number of hydrogen-bond acceptors (Lipinski definition) is 7. The number of halogens is 1. The van der Waals surface area contributed by atoms with E-state index in [1.54, 1.807) is 4.90 Å². The highest BCUT2D eigenvalue weighted by Crippen LogP contribution is 2.27. The van der Waals surface area contributed by atoms with Gasteiger partial charge >= 0.3 is 0 Å². The number of nitrogens with two attached hydrogens (primary N) is 1. The average molecular weight is 341 g/mol. The molecule has 0 fully saturated rings. The molecule has 8 heteroatoms. The van der Waals surface area contributed by atoms with Crippen molar-refractivity contribution in [2.75, 3.05) is 24.4 Å². The van der Waals surface area contributed by atoms with Crippen molar-refractivity contribution in [1.82, 2.24) is 15.0 Å². The highest BCUT2D eigenvalue weighted by molar-refractivity contribution is 9.10. The van der Waals surface area contributed by atoms with Crippen LogP contribution >= 0.6 is 27.7 Å². The predicted octanol–water partition coefficient (Wildman–Crippen LogP) is 2.14. The molecule has 0 aliphatic carbocycles. The van der Waals surface area contributed by atoms with Gasteiger partial charge in [-0.05, 0) is 36.0 Å². The quantitative estimate of drug-likeness (QED) is 0.651. The second-order valence-corrected chi connectivity index (χ2v) is 5.79. The first-order valence-corrected chi connectivity index (χ1v) is 7.03. The minimum atomic E-state index is 0.346. The lowest BCUT2D eigenvalue weighted by Crippen LogP contribution is -2.17. The SMILES string of the molecule is CN(C)c1nc(NN)nc(Sc2ccc(Br)cc2)n1. The fourth-order valence-corrected chi connectivity index (χ4v) is 2.27. The minimum Gasteiger partial charge on any atom is -0.347 e. The van der Waals surface area contributed by atoms with Gasteiger partial charge in [-0.3, -0.25) is 5.43 Å². The molecule has 0 atom stereocenters.